The second-order valence-electron chi connectivity index (χ2n) is 7.24. The molecule has 0 fully saturated rings. The normalized spacial score (nSPS) is 12.1. The van der Waals surface area contributed by atoms with Gasteiger partial charge < -0.3 is 20.9 Å². The number of nitrogens with one attached hydrogen (secondary N) is 3. The number of hydrogen-bond acceptors (Lipinski definition) is 3. The van der Waals surface area contributed by atoms with Gasteiger partial charge in [0.15, 0.2) is 0 Å². The van der Waals surface area contributed by atoms with Crippen molar-refractivity contribution in [3.05, 3.63) is 83.9 Å². The Morgan fingerprint density at radius 3 is 2.19 bits per heavy atom. The maximum atomic E-state index is 12.7. The molecule has 0 aliphatic carbocycles. The average Bonchev–Trinajstić information content (AvgIpc) is 3.18. The molecule has 1 heterocycles. The van der Waals surface area contributed by atoms with E-state index in [1.165, 1.54) is 6.92 Å². The zero-order chi connectivity index (χ0) is 21.8. The minimum Gasteiger partial charge on any atom is -0.322 e. The van der Waals surface area contributed by atoms with E-state index in [2.05, 4.69) is 16.0 Å². The van der Waals surface area contributed by atoms with E-state index in [1.54, 1.807) is 47.4 Å². The molecule has 0 radical (unpaired) electrons. The molecule has 3 aromatic rings. The summed E-state index contributed by atoms with van der Waals surface area (Å²) in [5, 5.41) is 8.36. The largest absolute Gasteiger partial charge is 0.323 e. The van der Waals surface area contributed by atoms with E-state index in [4.69, 9.17) is 0 Å². The van der Waals surface area contributed by atoms with Gasteiger partial charge in [0.05, 0.1) is 0 Å². The molecular formula is C24H22N4O3. The van der Waals surface area contributed by atoms with Crippen LogP contribution in [0.15, 0.2) is 72.8 Å². The van der Waals surface area contributed by atoms with Crippen molar-refractivity contribution in [2.45, 2.75) is 13.3 Å². The molecule has 1 aliphatic rings. The van der Waals surface area contributed by atoms with Crippen LogP contribution in [0.3, 0.4) is 0 Å². The number of hydrogen-bond donors (Lipinski definition) is 3. The number of amides is 4. The molecule has 0 spiro atoms. The Morgan fingerprint density at radius 2 is 1.45 bits per heavy atom. The highest BCUT2D eigenvalue weighted by Gasteiger charge is 2.23. The highest BCUT2D eigenvalue weighted by Crippen LogP contribution is 2.29. The fourth-order valence-electron chi connectivity index (χ4n) is 3.56. The number of urea groups is 1. The van der Waals surface area contributed by atoms with Crippen molar-refractivity contribution in [1.29, 1.82) is 0 Å². The van der Waals surface area contributed by atoms with Crippen LogP contribution >= 0.6 is 0 Å². The fraction of sp³-hybridized carbons (Fsp3) is 0.125. The Balaban J connectivity index is 1.41. The summed E-state index contributed by atoms with van der Waals surface area (Å²) >= 11 is 0. The molecule has 31 heavy (non-hydrogen) atoms. The van der Waals surface area contributed by atoms with Crippen molar-refractivity contribution in [3.8, 4) is 0 Å². The van der Waals surface area contributed by atoms with Crippen LogP contribution < -0.4 is 20.9 Å². The predicted octanol–water partition coefficient (Wildman–Crippen LogP) is 4.49. The van der Waals surface area contributed by atoms with Gasteiger partial charge in [0, 0.05) is 41.8 Å². The van der Waals surface area contributed by atoms with Gasteiger partial charge in [-0.15, -0.1) is 0 Å². The highest BCUT2D eigenvalue weighted by atomic mass is 16.2. The lowest BCUT2D eigenvalue weighted by Crippen LogP contribution is -2.25. The first-order valence-electron chi connectivity index (χ1n) is 9.95. The number of fused-ring (bicyclic) bond motifs is 1. The third kappa shape index (κ3) is 4.72. The molecule has 0 unspecified atom stereocenters. The van der Waals surface area contributed by atoms with Gasteiger partial charge in [0.2, 0.25) is 5.91 Å². The van der Waals surface area contributed by atoms with E-state index < -0.39 is 0 Å². The van der Waals surface area contributed by atoms with Crippen molar-refractivity contribution in [2.24, 2.45) is 0 Å². The van der Waals surface area contributed by atoms with Crippen LogP contribution in [-0.4, -0.2) is 24.4 Å². The van der Waals surface area contributed by atoms with Crippen molar-refractivity contribution in [1.82, 2.24) is 0 Å². The van der Waals surface area contributed by atoms with Crippen molar-refractivity contribution in [3.63, 3.8) is 0 Å². The summed E-state index contributed by atoms with van der Waals surface area (Å²) in [5.41, 5.74) is 4.16. The first-order chi connectivity index (χ1) is 15.0. The Labute approximate surface area is 180 Å². The van der Waals surface area contributed by atoms with Crippen LogP contribution in [-0.2, 0) is 11.2 Å². The number of nitrogens with zero attached hydrogens (tertiary/aromatic N) is 1. The van der Waals surface area contributed by atoms with Crippen LogP contribution in [0.5, 0.6) is 0 Å². The summed E-state index contributed by atoms with van der Waals surface area (Å²) in [4.78, 5) is 38.3. The molecule has 0 saturated heterocycles. The van der Waals surface area contributed by atoms with Crippen molar-refractivity contribution >= 4 is 40.6 Å². The third-order valence-electron chi connectivity index (χ3n) is 5.03. The highest BCUT2D eigenvalue weighted by molar-refractivity contribution is 6.06. The van der Waals surface area contributed by atoms with E-state index in [-0.39, 0.29) is 17.8 Å². The number of carbonyl (C=O) groups excluding carboxylic acids is 3. The molecule has 4 amide bonds. The minimum absolute atomic E-state index is 0.00318. The maximum absolute atomic E-state index is 12.7. The lowest BCUT2D eigenvalue weighted by molar-refractivity contribution is -0.116. The molecule has 156 valence electrons. The zero-order valence-corrected chi connectivity index (χ0v) is 17.0. The summed E-state index contributed by atoms with van der Waals surface area (Å²) in [6.45, 7) is 2.17. The van der Waals surface area contributed by atoms with E-state index in [0.29, 0.717) is 29.2 Å². The maximum Gasteiger partial charge on any atom is 0.323 e. The van der Waals surface area contributed by atoms with E-state index >= 15 is 0 Å². The first kappa shape index (κ1) is 20.2. The summed E-state index contributed by atoms with van der Waals surface area (Å²) in [5.74, 6) is -0.258. The Kier molecular flexibility index (Phi) is 5.66. The lowest BCUT2D eigenvalue weighted by atomic mass is 10.1. The predicted molar refractivity (Wildman–Crippen MR) is 122 cm³/mol. The summed E-state index contributed by atoms with van der Waals surface area (Å²) < 4.78 is 0. The SMILES string of the molecule is CC(=O)N1CCc2cc(C(=O)Nc3cccc(NC(=O)Nc4ccccc4)c3)ccc21. The molecule has 1 aliphatic heterocycles. The zero-order valence-electron chi connectivity index (χ0n) is 17.0. The molecule has 4 rings (SSSR count). The number of para-hydroxylation sites is 1. The molecule has 3 N–H and O–H groups in total. The Bertz CT molecular complexity index is 1140. The third-order valence-corrected chi connectivity index (χ3v) is 5.03. The van der Waals surface area contributed by atoms with Gasteiger partial charge in [-0.25, -0.2) is 4.79 Å². The van der Waals surface area contributed by atoms with Crippen LogP contribution in [0.25, 0.3) is 0 Å². The lowest BCUT2D eigenvalue weighted by Gasteiger charge is -2.15. The fourth-order valence-corrected chi connectivity index (χ4v) is 3.56. The smallest absolute Gasteiger partial charge is 0.322 e. The quantitative estimate of drug-likeness (QED) is 0.587. The molecule has 7 heteroatoms. The van der Waals surface area contributed by atoms with Gasteiger partial charge in [-0.1, -0.05) is 24.3 Å². The first-order valence-corrected chi connectivity index (χ1v) is 9.95. The molecule has 3 aromatic carbocycles. The standard InChI is InChI=1S/C24H22N4O3/c1-16(29)28-13-12-17-14-18(10-11-22(17)28)23(30)25-20-8-5-9-21(15-20)27-24(31)26-19-6-3-2-4-7-19/h2-11,14-15H,12-13H2,1H3,(H,25,30)(H2,26,27,31). The van der Waals surface area contributed by atoms with Gasteiger partial charge in [-0.05, 0) is 60.5 Å². The molecular weight excluding hydrogens is 392 g/mol. The molecule has 0 saturated carbocycles. The van der Waals surface area contributed by atoms with Crippen molar-refractivity contribution < 1.29 is 14.4 Å². The van der Waals surface area contributed by atoms with Crippen LogP contribution in [0.4, 0.5) is 27.5 Å². The second kappa shape index (κ2) is 8.71. The molecule has 7 nitrogen and oxygen atoms in total. The Hall–Kier alpha value is -4.13. The second-order valence-corrected chi connectivity index (χ2v) is 7.24. The van der Waals surface area contributed by atoms with E-state index in [9.17, 15) is 14.4 Å². The van der Waals surface area contributed by atoms with Crippen LogP contribution in [0.1, 0.15) is 22.8 Å². The summed E-state index contributed by atoms with van der Waals surface area (Å²) in [6, 6.07) is 21.0. The van der Waals surface area contributed by atoms with Crippen LogP contribution in [0, 0.1) is 0 Å². The number of anilines is 4. The minimum atomic E-state index is -0.372. The van der Waals surface area contributed by atoms with E-state index in [1.807, 2.05) is 30.3 Å². The number of carbonyl (C=O) groups is 3. The van der Waals surface area contributed by atoms with E-state index in [0.717, 1.165) is 17.7 Å². The van der Waals surface area contributed by atoms with Gasteiger partial charge in [-0.3, -0.25) is 9.59 Å². The summed E-state index contributed by atoms with van der Waals surface area (Å²) in [6.07, 6.45) is 0.728. The number of benzene rings is 3. The van der Waals surface area contributed by atoms with Gasteiger partial charge in [-0.2, -0.15) is 0 Å². The van der Waals surface area contributed by atoms with Gasteiger partial charge >= 0.3 is 6.03 Å². The van der Waals surface area contributed by atoms with Crippen molar-refractivity contribution in [2.75, 3.05) is 27.4 Å². The monoisotopic (exact) mass is 414 g/mol. The molecule has 0 bridgehead atoms. The average molecular weight is 414 g/mol. The Morgan fingerprint density at radius 1 is 0.774 bits per heavy atom. The molecule has 0 aromatic heterocycles. The number of rotatable bonds is 4. The summed E-state index contributed by atoms with van der Waals surface area (Å²) in [7, 11) is 0. The molecule has 0 atom stereocenters. The van der Waals surface area contributed by atoms with Crippen LogP contribution in [0.2, 0.25) is 0 Å². The van der Waals surface area contributed by atoms with Gasteiger partial charge in [0.25, 0.3) is 5.91 Å². The topological polar surface area (TPSA) is 90.5 Å². The van der Waals surface area contributed by atoms with Gasteiger partial charge in [0.1, 0.15) is 0 Å².